The van der Waals surface area contributed by atoms with E-state index in [1.807, 2.05) is 0 Å². The molecule has 18 heavy (non-hydrogen) atoms. The molecule has 0 aromatic heterocycles. The summed E-state index contributed by atoms with van der Waals surface area (Å²) in [5, 5.41) is 3.45. The third-order valence-electron chi connectivity index (χ3n) is 4.07. The number of nitrogens with zero attached hydrogens (tertiary/aromatic N) is 1. The predicted molar refractivity (Wildman–Crippen MR) is 81.0 cm³/mol. The van der Waals surface area contributed by atoms with E-state index in [1.54, 1.807) is 0 Å². The van der Waals surface area contributed by atoms with Crippen molar-refractivity contribution in [1.29, 1.82) is 0 Å². The first-order chi connectivity index (χ1) is 8.37. The standard InChI is InChI=1S/C16H34N2/c1-15(2,3)13-18(5)14-16(12-17-4)10-8-6-7-9-11-16/h17H,6-14H2,1-5H3. The Hall–Kier alpha value is -0.0800. The van der Waals surface area contributed by atoms with Crippen molar-refractivity contribution < 1.29 is 0 Å². The summed E-state index contributed by atoms with van der Waals surface area (Å²) in [5.41, 5.74) is 0.922. The molecule has 2 nitrogen and oxygen atoms in total. The number of rotatable bonds is 5. The highest BCUT2D eigenvalue weighted by Crippen LogP contribution is 2.35. The molecule has 0 atom stereocenters. The van der Waals surface area contributed by atoms with Gasteiger partial charge >= 0.3 is 0 Å². The Morgan fingerprint density at radius 2 is 1.61 bits per heavy atom. The zero-order valence-corrected chi connectivity index (χ0v) is 13.3. The molecule has 0 radical (unpaired) electrons. The van der Waals surface area contributed by atoms with Crippen molar-refractivity contribution >= 4 is 0 Å². The molecule has 0 unspecified atom stereocenters. The lowest BCUT2D eigenvalue weighted by molar-refractivity contribution is 0.121. The highest BCUT2D eigenvalue weighted by molar-refractivity contribution is 4.86. The minimum Gasteiger partial charge on any atom is -0.319 e. The Bertz CT molecular complexity index is 222. The van der Waals surface area contributed by atoms with Crippen molar-refractivity contribution in [2.24, 2.45) is 10.8 Å². The van der Waals surface area contributed by atoms with Crippen molar-refractivity contribution in [3.05, 3.63) is 0 Å². The molecule has 0 saturated heterocycles. The Morgan fingerprint density at radius 3 is 2.06 bits per heavy atom. The summed E-state index contributed by atoms with van der Waals surface area (Å²) in [6.45, 7) is 10.6. The highest BCUT2D eigenvalue weighted by Gasteiger charge is 2.32. The van der Waals surface area contributed by atoms with E-state index >= 15 is 0 Å². The van der Waals surface area contributed by atoms with Crippen LogP contribution in [0.5, 0.6) is 0 Å². The van der Waals surface area contributed by atoms with Crippen molar-refractivity contribution in [1.82, 2.24) is 10.2 Å². The van der Waals surface area contributed by atoms with Crippen LogP contribution in [0.3, 0.4) is 0 Å². The van der Waals surface area contributed by atoms with Crippen LogP contribution < -0.4 is 5.32 Å². The van der Waals surface area contributed by atoms with Gasteiger partial charge in [-0.3, -0.25) is 0 Å². The van der Waals surface area contributed by atoms with E-state index in [1.165, 1.54) is 58.2 Å². The van der Waals surface area contributed by atoms with Crippen LogP contribution in [0.4, 0.5) is 0 Å². The number of hydrogen-bond donors (Lipinski definition) is 1. The molecule has 1 aliphatic rings. The van der Waals surface area contributed by atoms with Crippen LogP contribution in [0.25, 0.3) is 0 Å². The average Bonchev–Trinajstić information content (AvgIpc) is 2.41. The second kappa shape index (κ2) is 6.91. The number of hydrogen-bond acceptors (Lipinski definition) is 2. The van der Waals surface area contributed by atoms with Crippen LogP contribution in [-0.2, 0) is 0 Å². The molecule has 0 amide bonds. The molecular formula is C16H34N2. The molecule has 0 aliphatic heterocycles. The molecule has 1 saturated carbocycles. The molecule has 1 rings (SSSR count). The lowest BCUT2D eigenvalue weighted by Gasteiger charge is -2.38. The largest absolute Gasteiger partial charge is 0.319 e. The normalized spacial score (nSPS) is 21.0. The first kappa shape index (κ1) is 16.0. The summed E-state index contributed by atoms with van der Waals surface area (Å²) in [6.07, 6.45) is 8.53. The van der Waals surface area contributed by atoms with Gasteiger partial charge in [0.25, 0.3) is 0 Å². The van der Waals surface area contributed by atoms with Gasteiger partial charge in [-0.1, -0.05) is 46.5 Å². The third-order valence-corrected chi connectivity index (χ3v) is 4.07. The predicted octanol–water partition coefficient (Wildman–Crippen LogP) is 3.52. The quantitative estimate of drug-likeness (QED) is 0.755. The van der Waals surface area contributed by atoms with Gasteiger partial charge in [-0.15, -0.1) is 0 Å². The topological polar surface area (TPSA) is 15.3 Å². The Balaban J connectivity index is 2.60. The summed E-state index contributed by atoms with van der Waals surface area (Å²) in [5.74, 6) is 0. The van der Waals surface area contributed by atoms with Gasteiger partial charge in [0.15, 0.2) is 0 Å². The molecule has 0 spiro atoms. The van der Waals surface area contributed by atoms with Crippen molar-refractivity contribution in [2.45, 2.75) is 59.3 Å². The fourth-order valence-corrected chi connectivity index (χ4v) is 3.68. The lowest BCUT2D eigenvalue weighted by Crippen LogP contribution is -2.44. The summed E-state index contributed by atoms with van der Waals surface area (Å²) in [7, 11) is 4.41. The molecule has 0 aromatic rings. The van der Waals surface area contributed by atoms with Crippen molar-refractivity contribution in [3.8, 4) is 0 Å². The van der Waals surface area contributed by atoms with Gasteiger partial charge in [0, 0.05) is 19.6 Å². The molecule has 0 bridgehead atoms. The van der Waals surface area contributed by atoms with E-state index in [9.17, 15) is 0 Å². The van der Waals surface area contributed by atoms with Gasteiger partial charge in [0.1, 0.15) is 0 Å². The summed E-state index contributed by atoms with van der Waals surface area (Å²) < 4.78 is 0. The van der Waals surface area contributed by atoms with Crippen molar-refractivity contribution in [3.63, 3.8) is 0 Å². The minimum atomic E-state index is 0.403. The van der Waals surface area contributed by atoms with Gasteiger partial charge in [0.2, 0.25) is 0 Å². The van der Waals surface area contributed by atoms with Gasteiger partial charge < -0.3 is 10.2 Å². The second-order valence-electron chi connectivity index (χ2n) is 7.68. The van der Waals surface area contributed by atoms with E-state index in [2.05, 4.69) is 45.1 Å². The van der Waals surface area contributed by atoms with Crippen LogP contribution in [0.2, 0.25) is 0 Å². The zero-order valence-electron chi connectivity index (χ0n) is 13.3. The first-order valence-corrected chi connectivity index (χ1v) is 7.70. The van der Waals surface area contributed by atoms with E-state index in [4.69, 9.17) is 0 Å². The van der Waals surface area contributed by atoms with Gasteiger partial charge in [-0.05, 0) is 37.8 Å². The van der Waals surface area contributed by atoms with Crippen LogP contribution in [-0.4, -0.2) is 38.6 Å². The molecule has 1 N–H and O–H groups in total. The maximum Gasteiger partial charge on any atom is 0.00473 e. The molecular weight excluding hydrogens is 220 g/mol. The van der Waals surface area contributed by atoms with E-state index < -0.39 is 0 Å². The fraction of sp³-hybridized carbons (Fsp3) is 1.00. The first-order valence-electron chi connectivity index (χ1n) is 7.70. The molecule has 0 aromatic carbocycles. The monoisotopic (exact) mass is 254 g/mol. The van der Waals surface area contributed by atoms with Crippen LogP contribution in [0.15, 0.2) is 0 Å². The number of nitrogens with one attached hydrogen (secondary N) is 1. The molecule has 2 heteroatoms. The fourth-order valence-electron chi connectivity index (χ4n) is 3.68. The molecule has 1 fully saturated rings. The van der Waals surface area contributed by atoms with E-state index in [0.29, 0.717) is 10.8 Å². The molecule has 0 heterocycles. The SMILES string of the molecule is CNCC1(CN(C)CC(C)(C)C)CCCCCC1. The highest BCUT2D eigenvalue weighted by atomic mass is 15.1. The zero-order chi connectivity index (χ0) is 13.6. The van der Waals surface area contributed by atoms with E-state index in [0.717, 1.165) is 0 Å². The van der Waals surface area contributed by atoms with Crippen LogP contribution in [0.1, 0.15) is 59.3 Å². The Kier molecular flexibility index (Phi) is 6.13. The second-order valence-corrected chi connectivity index (χ2v) is 7.68. The Morgan fingerprint density at radius 1 is 1.06 bits per heavy atom. The van der Waals surface area contributed by atoms with E-state index in [-0.39, 0.29) is 0 Å². The third kappa shape index (κ3) is 5.71. The van der Waals surface area contributed by atoms with Gasteiger partial charge in [0.05, 0.1) is 0 Å². The van der Waals surface area contributed by atoms with Crippen molar-refractivity contribution in [2.75, 3.05) is 33.7 Å². The van der Waals surface area contributed by atoms with Gasteiger partial charge in [-0.2, -0.15) is 0 Å². The van der Waals surface area contributed by atoms with Crippen LogP contribution >= 0.6 is 0 Å². The minimum absolute atomic E-state index is 0.403. The summed E-state index contributed by atoms with van der Waals surface area (Å²) in [6, 6.07) is 0. The van der Waals surface area contributed by atoms with Gasteiger partial charge in [-0.25, -0.2) is 0 Å². The lowest BCUT2D eigenvalue weighted by atomic mass is 9.79. The maximum absolute atomic E-state index is 3.45. The maximum atomic E-state index is 3.45. The molecule has 108 valence electrons. The average molecular weight is 254 g/mol. The Labute approximate surface area is 115 Å². The summed E-state index contributed by atoms with van der Waals surface area (Å²) >= 11 is 0. The smallest absolute Gasteiger partial charge is 0.00473 e. The summed E-state index contributed by atoms with van der Waals surface area (Å²) in [4.78, 5) is 2.56. The molecule has 1 aliphatic carbocycles. The van der Waals surface area contributed by atoms with Crippen LogP contribution in [0, 0.1) is 10.8 Å².